The second kappa shape index (κ2) is 15.4. The fourth-order valence-corrected chi connectivity index (χ4v) is 6.86. The lowest BCUT2D eigenvalue weighted by atomic mass is 10.0. The molecule has 0 aliphatic heterocycles. The Morgan fingerprint density at radius 1 is 0.822 bits per heavy atom. The van der Waals surface area contributed by atoms with Crippen LogP contribution in [0.5, 0.6) is 0 Å². The first-order valence-corrected chi connectivity index (χ1v) is 17.0. The van der Waals surface area contributed by atoms with Crippen molar-refractivity contribution in [3.8, 4) is 0 Å². The lowest BCUT2D eigenvalue weighted by Gasteiger charge is -2.34. The second-order valence-corrected chi connectivity index (χ2v) is 13.4. The van der Waals surface area contributed by atoms with Gasteiger partial charge in [-0.2, -0.15) is 0 Å². The zero-order chi connectivity index (χ0) is 32.6. The molecule has 4 rings (SSSR count). The molecule has 0 aliphatic rings. The number of nitrogens with zero attached hydrogens (tertiary/aromatic N) is 2. The predicted octanol–water partition coefficient (Wildman–Crippen LogP) is 6.84. The molecule has 0 saturated heterocycles. The van der Waals surface area contributed by atoms with E-state index in [9.17, 15) is 18.0 Å². The van der Waals surface area contributed by atoms with Crippen LogP contribution in [0.15, 0.2) is 102 Å². The molecule has 4 aromatic carbocycles. The smallest absolute Gasteiger partial charge is 0.264 e. The number of hydrogen-bond donors (Lipinski definition) is 1. The molecular weight excluding hydrogens is 629 g/mol. The Hall–Kier alpha value is -3.85. The van der Waals surface area contributed by atoms with Crippen molar-refractivity contribution in [1.29, 1.82) is 0 Å². The monoisotopic (exact) mass is 665 g/mol. The van der Waals surface area contributed by atoms with Crippen LogP contribution < -0.4 is 9.62 Å². The van der Waals surface area contributed by atoms with Crippen molar-refractivity contribution in [2.75, 3.05) is 17.4 Å². The molecule has 0 aliphatic carbocycles. The van der Waals surface area contributed by atoms with Gasteiger partial charge in [-0.15, -0.1) is 0 Å². The van der Waals surface area contributed by atoms with Crippen LogP contribution in [0, 0.1) is 6.92 Å². The summed E-state index contributed by atoms with van der Waals surface area (Å²) in [6, 6.07) is 27.1. The maximum atomic E-state index is 14.5. The predicted molar refractivity (Wildman–Crippen MR) is 181 cm³/mol. The molecule has 1 atom stereocenters. The topological polar surface area (TPSA) is 86.8 Å². The van der Waals surface area contributed by atoms with Crippen LogP contribution in [0.25, 0.3) is 0 Å². The highest BCUT2D eigenvalue weighted by Crippen LogP contribution is 2.29. The third kappa shape index (κ3) is 8.45. The summed E-state index contributed by atoms with van der Waals surface area (Å²) in [5, 5.41) is 3.52. The molecule has 0 aromatic heterocycles. The van der Waals surface area contributed by atoms with Crippen LogP contribution in [-0.2, 0) is 39.0 Å². The van der Waals surface area contributed by atoms with E-state index in [2.05, 4.69) is 5.32 Å². The van der Waals surface area contributed by atoms with Crippen molar-refractivity contribution in [3.05, 3.63) is 129 Å². The van der Waals surface area contributed by atoms with Gasteiger partial charge < -0.3 is 10.2 Å². The number of carbonyl (C=O) groups is 2. The number of likely N-dealkylation sites (N-methyl/N-ethyl adjacent to an activating group) is 1. The minimum Gasteiger partial charge on any atom is -0.355 e. The van der Waals surface area contributed by atoms with Gasteiger partial charge in [-0.1, -0.05) is 102 Å². The summed E-state index contributed by atoms with van der Waals surface area (Å²) in [5.41, 5.74) is 3.56. The quantitative estimate of drug-likeness (QED) is 0.170. The summed E-state index contributed by atoms with van der Waals surface area (Å²) >= 11 is 12.5. The average molecular weight is 667 g/mol. The van der Waals surface area contributed by atoms with Gasteiger partial charge in [0.2, 0.25) is 11.8 Å². The van der Waals surface area contributed by atoms with Crippen LogP contribution in [0.2, 0.25) is 10.0 Å². The average Bonchev–Trinajstić information content (AvgIpc) is 3.03. The number of amides is 2. The Morgan fingerprint density at radius 2 is 1.49 bits per heavy atom. The number of para-hydroxylation sites is 1. The molecule has 10 heteroatoms. The Bertz CT molecular complexity index is 1730. The zero-order valence-corrected chi connectivity index (χ0v) is 27.9. The normalized spacial score (nSPS) is 11.9. The maximum absolute atomic E-state index is 14.5. The minimum atomic E-state index is -4.19. The van der Waals surface area contributed by atoms with E-state index in [1.54, 1.807) is 49.4 Å². The van der Waals surface area contributed by atoms with E-state index >= 15 is 0 Å². The number of rotatable bonds is 13. The number of carbonyl (C=O) groups excluding carboxylic acids is 2. The summed E-state index contributed by atoms with van der Waals surface area (Å²) in [7, 11) is -4.19. The summed E-state index contributed by atoms with van der Waals surface area (Å²) in [5.74, 6) is -0.897. The summed E-state index contributed by atoms with van der Waals surface area (Å²) < 4.78 is 29.7. The highest BCUT2D eigenvalue weighted by atomic mass is 35.5. The Kier molecular flexibility index (Phi) is 11.7. The minimum absolute atomic E-state index is 0.00179. The highest BCUT2D eigenvalue weighted by molar-refractivity contribution is 7.92. The molecule has 0 bridgehead atoms. The summed E-state index contributed by atoms with van der Waals surface area (Å²) in [4.78, 5) is 29.7. The molecule has 0 radical (unpaired) electrons. The molecule has 1 N–H and O–H groups in total. The molecule has 0 fully saturated rings. The third-order valence-electron chi connectivity index (χ3n) is 7.49. The molecule has 7 nitrogen and oxygen atoms in total. The SMILES string of the molecule is CCNC(=O)[C@@H](Cc1ccccc1)N(Cc1ccc(Cl)c(Cl)c1)C(=O)CN(c1ccccc1CC)S(=O)(=O)c1ccc(C)cc1. The molecule has 0 unspecified atom stereocenters. The van der Waals surface area contributed by atoms with Crippen molar-refractivity contribution in [2.45, 2.75) is 51.1 Å². The largest absolute Gasteiger partial charge is 0.355 e. The van der Waals surface area contributed by atoms with Crippen molar-refractivity contribution < 1.29 is 18.0 Å². The molecular formula is C35H37Cl2N3O4S. The lowest BCUT2D eigenvalue weighted by Crippen LogP contribution is -2.53. The first kappa shape index (κ1) is 34.0. The molecule has 0 saturated carbocycles. The molecule has 45 heavy (non-hydrogen) atoms. The first-order valence-electron chi connectivity index (χ1n) is 14.8. The highest BCUT2D eigenvalue weighted by Gasteiger charge is 2.35. The van der Waals surface area contributed by atoms with Gasteiger partial charge in [0.25, 0.3) is 10.0 Å². The van der Waals surface area contributed by atoms with E-state index < -0.39 is 28.5 Å². The fraction of sp³-hybridized carbons (Fsp3) is 0.257. The van der Waals surface area contributed by atoms with Crippen LogP contribution in [-0.4, -0.2) is 44.3 Å². The van der Waals surface area contributed by atoms with Gasteiger partial charge in [-0.25, -0.2) is 8.42 Å². The van der Waals surface area contributed by atoms with Gasteiger partial charge in [-0.3, -0.25) is 13.9 Å². The van der Waals surface area contributed by atoms with E-state index in [-0.39, 0.29) is 23.8 Å². The van der Waals surface area contributed by atoms with Crippen molar-refractivity contribution in [1.82, 2.24) is 10.2 Å². The molecule has 2 amide bonds. The molecule has 0 spiro atoms. The first-order chi connectivity index (χ1) is 21.5. The lowest BCUT2D eigenvalue weighted by molar-refractivity contribution is -0.140. The number of aryl methyl sites for hydroxylation is 2. The van der Waals surface area contributed by atoms with Crippen LogP contribution >= 0.6 is 23.2 Å². The van der Waals surface area contributed by atoms with Gasteiger partial charge in [0.05, 0.1) is 20.6 Å². The van der Waals surface area contributed by atoms with E-state index in [0.29, 0.717) is 34.3 Å². The number of halogens is 2. The van der Waals surface area contributed by atoms with Gasteiger partial charge in [0.15, 0.2) is 0 Å². The Morgan fingerprint density at radius 3 is 2.13 bits per heavy atom. The van der Waals surface area contributed by atoms with Crippen LogP contribution in [0.4, 0.5) is 5.69 Å². The second-order valence-electron chi connectivity index (χ2n) is 10.7. The Labute approximate surface area is 275 Å². The van der Waals surface area contributed by atoms with Crippen molar-refractivity contribution in [2.24, 2.45) is 0 Å². The molecule has 236 valence electrons. The number of hydrogen-bond acceptors (Lipinski definition) is 4. The van der Waals surface area contributed by atoms with E-state index in [0.717, 1.165) is 21.0 Å². The van der Waals surface area contributed by atoms with Gasteiger partial charge in [0, 0.05) is 19.5 Å². The number of anilines is 1. The molecule has 4 aromatic rings. The van der Waals surface area contributed by atoms with Gasteiger partial charge in [0.1, 0.15) is 12.6 Å². The van der Waals surface area contributed by atoms with Crippen molar-refractivity contribution >= 4 is 50.7 Å². The van der Waals surface area contributed by atoms with E-state index in [4.69, 9.17) is 23.2 Å². The van der Waals surface area contributed by atoms with Gasteiger partial charge in [-0.05, 0) is 67.3 Å². The Balaban J connectivity index is 1.83. The standard InChI is InChI=1S/C35H37Cl2N3O4S/c1-4-28-13-9-10-14-32(28)40(45(43,44)29-18-15-25(3)16-19-29)24-34(41)39(23-27-17-20-30(36)31(37)21-27)33(35(42)38-5-2)22-26-11-7-6-8-12-26/h6-21,33H,4-5,22-24H2,1-3H3,(H,38,42)/t33-/m1/s1. The molecule has 0 heterocycles. The number of benzene rings is 4. The van der Waals surface area contributed by atoms with E-state index in [1.807, 2.05) is 56.3 Å². The number of sulfonamides is 1. The van der Waals surface area contributed by atoms with Crippen molar-refractivity contribution in [3.63, 3.8) is 0 Å². The van der Waals surface area contributed by atoms with Gasteiger partial charge >= 0.3 is 0 Å². The summed E-state index contributed by atoms with van der Waals surface area (Å²) in [6.45, 7) is 5.44. The fourth-order valence-electron chi connectivity index (χ4n) is 5.08. The van der Waals surface area contributed by atoms with E-state index in [1.165, 1.54) is 17.0 Å². The van der Waals surface area contributed by atoms with Crippen LogP contribution in [0.3, 0.4) is 0 Å². The maximum Gasteiger partial charge on any atom is 0.264 e. The number of nitrogens with one attached hydrogen (secondary N) is 1. The summed E-state index contributed by atoms with van der Waals surface area (Å²) in [6.07, 6.45) is 0.767. The third-order valence-corrected chi connectivity index (χ3v) is 10.0. The van der Waals surface area contributed by atoms with Crippen LogP contribution in [0.1, 0.15) is 36.1 Å². The zero-order valence-electron chi connectivity index (χ0n) is 25.5.